The Bertz CT molecular complexity index is 793. The van der Waals surface area contributed by atoms with E-state index in [1.165, 1.54) is 6.26 Å². The summed E-state index contributed by atoms with van der Waals surface area (Å²) in [6.07, 6.45) is 4.91. The molecule has 0 aromatic heterocycles. The normalized spacial score (nSPS) is 12.7. The summed E-state index contributed by atoms with van der Waals surface area (Å²) in [6, 6.07) is 12.9. The number of para-hydroxylation sites is 1. The van der Waals surface area contributed by atoms with Gasteiger partial charge in [-0.25, -0.2) is 0 Å². The van der Waals surface area contributed by atoms with Crippen LogP contribution in [0.3, 0.4) is 0 Å². The number of ether oxygens (including phenoxy) is 1. The molecule has 0 atom stereocenters. The molecular formula is C18H14ClNO2. The van der Waals surface area contributed by atoms with Gasteiger partial charge in [0.1, 0.15) is 5.75 Å². The van der Waals surface area contributed by atoms with E-state index in [9.17, 15) is 4.79 Å². The SMILES string of the molecule is Cc1ccccc1NC(=O)C1=Cc2cc(Cl)ccc2OC=C1. The molecule has 0 saturated carbocycles. The van der Waals surface area contributed by atoms with Crippen molar-refractivity contribution in [2.45, 2.75) is 6.92 Å². The van der Waals surface area contributed by atoms with Gasteiger partial charge in [0.25, 0.3) is 5.91 Å². The number of hydrogen-bond acceptors (Lipinski definition) is 2. The third kappa shape index (κ3) is 3.05. The van der Waals surface area contributed by atoms with Crippen molar-refractivity contribution < 1.29 is 9.53 Å². The van der Waals surface area contributed by atoms with Gasteiger partial charge in [-0.2, -0.15) is 0 Å². The first-order valence-corrected chi connectivity index (χ1v) is 7.23. The van der Waals surface area contributed by atoms with Gasteiger partial charge in [0.2, 0.25) is 0 Å². The van der Waals surface area contributed by atoms with E-state index >= 15 is 0 Å². The second kappa shape index (κ2) is 6.08. The molecule has 1 heterocycles. The predicted octanol–water partition coefficient (Wildman–Crippen LogP) is 4.58. The Balaban J connectivity index is 1.90. The van der Waals surface area contributed by atoms with Crippen LogP contribution in [0.25, 0.3) is 6.08 Å². The van der Waals surface area contributed by atoms with E-state index in [1.807, 2.05) is 31.2 Å². The average Bonchev–Trinajstić information content (AvgIpc) is 2.71. The number of benzene rings is 2. The number of fused-ring (bicyclic) bond motifs is 1. The fourth-order valence-corrected chi connectivity index (χ4v) is 2.37. The van der Waals surface area contributed by atoms with Crippen LogP contribution in [-0.2, 0) is 4.79 Å². The molecule has 2 aromatic rings. The summed E-state index contributed by atoms with van der Waals surface area (Å²) >= 11 is 6.00. The number of halogens is 1. The Morgan fingerprint density at radius 3 is 2.82 bits per heavy atom. The first-order valence-electron chi connectivity index (χ1n) is 6.85. The number of anilines is 1. The molecule has 0 unspecified atom stereocenters. The van der Waals surface area contributed by atoms with Gasteiger partial charge < -0.3 is 10.1 Å². The molecule has 22 heavy (non-hydrogen) atoms. The zero-order valence-electron chi connectivity index (χ0n) is 12.0. The molecule has 3 rings (SSSR count). The summed E-state index contributed by atoms with van der Waals surface area (Å²) in [5.41, 5.74) is 3.07. The molecule has 0 bridgehead atoms. The molecule has 1 aliphatic heterocycles. The number of nitrogens with one attached hydrogen (secondary N) is 1. The van der Waals surface area contributed by atoms with Crippen molar-refractivity contribution in [1.29, 1.82) is 0 Å². The lowest BCUT2D eigenvalue weighted by Crippen LogP contribution is -2.13. The molecule has 0 fully saturated rings. The monoisotopic (exact) mass is 311 g/mol. The van der Waals surface area contributed by atoms with Crippen molar-refractivity contribution in [3.05, 3.63) is 76.5 Å². The van der Waals surface area contributed by atoms with Crippen molar-refractivity contribution >= 4 is 29.3 Å². The van der Waals surface area contributed by atoms with E-state index in [4.69, 9.17) is 16.3 Å². The van der Waals surface area contributed by atoms with E-state index in [1.54, 1.807) is 30.4 Å². The molecule has 1 amide bonds. The number of amides is 1. The number of aryl methyl sites for hydroxylation is 1. The highest BCUT2D eigenvalue weighted by Gasteiger charge is 2.13. The lowest BCUT2D eigenvalue weighted by molar-refractivity contribution is -0.112. The van der Waals surface area contributed by atoms with Crippen LogP contribution in [0.4, 0.5) is 5.69 Å². The molecule has 0 aliphatic carbocycles. The third-order valence-corrected chi connectivity index (χ3v) is 3.62. The third-order valence-electron chi connectivity index (χ3n) is 3.38. The number of carbonyl (C=O) groups excluding carboxylic acids is 1. The van der Waals surface area contributed by atoms with E-state index in [0.29, 0.717) is 16.3 Å². The summed E-state index contributed by atoms with van der Waals surface area (Å²) in [6.45, 7) is 1.95. The number of rotatable bonds is 2. The zero-order valence-corrected chi connectivity index (χ0v) is 12.7. The van der Waals surface area contributed by atoms with Crippen LogP contribution < -0.4 is 10.1 Å². The maximum Gasteiger partial charge on any atom is 0.255 e. The van der Waals surface area contributed by atoms with E-state index in [-0.39, 0.29) is 5.91 Å². The highest BCUT2D eigenvalue weighted by Crippen LogP contribution is 2.28. The van der Waals surface area contributed by atoms with Crippen LogP contribution in [0.5, 0.6) is 5.75 Å². The van der Waals surface area contributed by atoms with Crippen LogP contribution in [-0.4, -0.2) is 5.91 Å². The molecule has 1 N–H and O–H groups in total. The van der Waals surface area contributed by atoms with Crippen molar-refractivity contribution in [3.63, 3.8) is 0 Å². The van der Waals surface area contributed by atoms with E-state index in [0.717, 1.165) is 16.8 Å². The fraction of sp³-hybridized carbons (Fsp3) is 0.0556. The molecule has 3 nitrogen and oxygen atoms in total. The minimum atomic E-state index is -0.193. The van der Waals surface area contributed by atoms with Crippen LogP contribution in [0.2, 0.25) is 5.02 Å². The second-order valence-corrected chi connectivity index (χ2v) is 5.41. The van der Waals surface area contributed by atoms with Gasteiger partial charge in [0.05, 0.1) is 6.26 Å². The van der Waals surface area contributed by atoms with Gasteiger partial charge in [-0.05, 0) is 48.9 Å². The minimum absolute atomic E-state index is 0.193. The van der Waals surface area contributed by atoms with Crippen molar-refractivity contribution in [2.24, 2.45) is 0 Å². The second-order valence-electron chi connectivity index (χ2n) is 4.97. The predicted molar refractivity (Wildman–Crippen MR) is 89.0 cm³/mol. The minimum Gasteiger partial charge on any atom is -0.464 e. The summed E-state index contributed by atoms with van der Waals surface area (Å²) in [4.78, 5) is 12.4. The Kier molecular flexibility index (Phi) is 3.98. The molecule has 0 radical (unpaired) electrons. The van der Waals surface area contributed by atoms with Crippen molar-refractivity contribution in [1.82, 2.24) is 0 Å². The largest absolute Gasteiger partial charge is 0.464 e. The van der Waals surface area contributed by atoms with Crippen LogP contribution in [0, 0.1) is 6.92 Å². The Morgan fingerprint density at radius 2 is 2.00 bits per heavy atom. The quantitative estimate of drug-likeness (QED) is 0.881. The van der Waals surface area contributed by atoms with Gasteiger partial charge in [-0.1, -0.05) is 29.8 Å². The van der Waals surface area contributed by atoms with E-state index in [2.05, 4.69) is 5.32 Å². The summed E-state index contributed by atoms with van der Waals surface area (Å²) < 4.78 is 5.49. The van der Waals surface area contributed by atoms with Gasteiger partial charge in [-0.3, -0.25) is 4.79 Å². The lowest BCUT2D eigenvalue weighted by atomic mass is 10.1. The summed E-state index contributed by atoms with van der Waals surface area (Å²) in [5, 5.41) is 3.50. The average molecular weight is 312 g/mol. The fourth-order valence-electron chi connectivity index (χ4n) is 2.18. The van der Waals surface area contributed by atoms with Crippen LogP contribution >= 0.6 is 11.6 Å². The van der Waals surface area contributed by atoms with Gasteiger partial charge in [0.15, 0.2) is 0 Å². The number of carbonyl (C=O) groups is 1. The highest BCUT2D eigenvalue weighted by molar-refractivity contribution is 6.30. The first kappa shape index (κ1) is 14.4. The van der Waals surface area contributed by atoms with Crippen molar-refractivity contribution in [3.8, 4) is 5.75 Å². The Morgan fingerprint density at radius 1 is 1.18 bits per heavy atom. The molecule has 1 aliphatic rings. The van der Waals surface area contributed by atoms with Gasteiger partial charge in [-0.15, -0.1) is 0 Å². The molecule has 2 aromatic carbocycles. The lowest BCUT2D eigenvalue weighted by Gasteiger charge is -2.08. The topological polar surface area (TPSA) is 38.3 Å². The van der Waals surface area contributed by atoms with Gasteiger partial charge in [0, 0.05) is 21.8 Å². The van der Waals surface area contributed by atoms with Crippen LogP contribution in [0.1, 0.15) is 11.1 Å². The summed E-state index contributed by atoms with van der Waals surface area (Å²) in [7, 11) is 0. The maximum absolute atomic E-state index is 12.4. The maximum atomic E-state index is 12.4. The standard InChI is InChI=1S/C18H14ClNO2/c1-12-4-2-3-5-16(12)20-18(21)13-8-9-22-17-7-6-15(19)11-14(17)10-13/h2-11H,1H3,(H,20,21). The Labute approximate surface area is 133 Å². The smallest absolute Gasteiger partial charge is 0.255 e. The van der Waals surface area contributed by atoms with E-state index < -0.39 is 0 Å². The molecule has 4 heteroatoms. The summed E-state index contributed by atoms with van der Waals surface area (Å²) in [5.74, 6) is 0.473. The molecular weight excluding hydrogens is 298 g/mol. The zero-order chi connectivity index (χ0) is 15.5. The van der Waals surface area contributed by atoms with Crippen LogP contribution in [0.15, 0.2) is 60.4 Å². The molecule has 0 saturated heterocycles. The van der Waals surface area contributed by atoms with Gasteiger partial charge >= 0.3 is 0 Å². The molecule has 0 spiro atoms. The first-order chi connectivity index (χ1) is 10.6. The number of hydrogen-bond donors (Lipinski definition) is 1. The Hall–Kier alpha value is -2.52. The molecule has 110 valence electrons. The highest BCUT2D eigenvalue weighted by atomic mass is 35.5. The van der Waals surface area contributed by atoms with Crippen molar-refractivity contribution in [2.75, 3.05) is 5.32 Å².